The highest BCUT2D eigenvalue weighted by atomic mass is 35.5. The third kappa shape index (κ3) is 3.87. The van der Waals surface area contributed by atoms with Gasteiger partial charge in [0.15, 0.2) is 0 Å². The summed E-state index contributed by atoms with van der Waals surface area (Å²) in [5.41, 5.74) is 5.53. The lowest BCUT2D eigenvalue weighted by molar-refractivity contribution is -0.147. The minimum atomic E-state index is -0.335. The van der Waals surface area contributed by atoms with Crippen molar-refractivity contribution in [2.45, 2.75) is 25.7 Å². The fourth-order valence-electron chi connectivity index (χ4n) is 3.27. The summed E-state index contributed by atoms with van der Waals surface area (Å²) in [6, 6.07) is 0. The SMILES string of the molecule is COCC(=O)N1CCN(C(=O)C2(CN)CCCC2)CC1.Cl. The van der Waals surface area contributed by atoms with Crippen LogP contribution in [0.4, 0.5) is 0 Å². The molecule has 1 aliphatic carbocycles. The molecule has 0 aromatic rings. The summed E-state index contributed by atoms with van der Waals surface area (Å²) in [7, 11) is 1.52. The van der Waals surface area contributed by atoms with Crippen LogP contribution in [0.25, 0.3) is 0 Å². The number of piperazine rings is 1. The van der Waals surface area contributed by atoms with E-state index in [0.717, 1.165) is 25.7 Å². The third-order valence-electron chi connectivity index (χ3n) is 4.59. The van der Waals surface area contributed by atoms with Crippen molar-refractivity contribution in [3.8, 4) is 0 Å². The van der Waals surface area contributed by atoms with E-state index in [4.69, 9.17) is 10.5 Å². The molecule has 0 atom stereocenters. The van der Waals surface area contributed by atoms with Crippen molar-refractivity contribution in [2.75, 3.05) is 46.4 Å². The monoisotopic (exact) mass is 319 g/mol. The van der Waals surface area contributed by atoms with Gasteiger partial charge < -0.3 is 20.3 Å². The molecule has 6 nitrogen and oxygen atoms in total. The summed E-state index contributed by atoms with van der Waals surface area (Å²) in [6.45, 7) is 2.95. The van der Waals surface area contributed by atoms with Gasteiger partial charge in [-0.1, -0.05) is 12.8 Å². The Balaban J connectivity index is 0.00000220. The van der Waals surface area contributed by atoms with Gasteiger partial charge in [0, 0.05) is 39.8 Å². The molecule has 2 amide bonds. The summed E-state index contributed by atoms with van der Waals surface area (Å²) >= 11 is 0. The fraction of sp³-hybridized carbons (Fsp3) is 0.857. The second kappa shape index (κ2) is 7.96. The number of hydrogen-bond acceptors (Lipinski definition) is 4. The second-order valence-corrected chi connectivity index (χ2v) is 5.80. The number of amides is 2. The van der Waals surface area contributed by atoms with Crippen LogP contribution in [-0.2, 0) is 14.3 Å². The molecule has 122 valence electrons. The van der Waals surface area contributed by atoms with Crippen molar-refractivity contribution < 1.29 is 14.3 Å². The summed E-state index contributed by atoms with van der Waals surface area (Å²) in [5.74, 6) is 0.186. The molecule has 2 fully saturated rings. The molecule has 0 radical (unpaired) electrons. The fourth-order valence-corrected chi connectivity index (χ4v) is 3.27. The summed E-state index contributed by atoms with van der Waals surface area (Å²) in [6.07, 6.45) is 4.00. The van der Waals surface area contributed by atoms with Crippen LogP contribution in [0, 0.1) is 5.41 Å². The van der Waals surface area contributed by atoms with E-state index in [1.54, 1.807) is 4.90 Å². The van der Waals surface area contributed by atoms with E-state index in [0.29, 0.717) is 32.7 Å². The maximum Gasteiger partial charge on any atom is 0.248 e. The number of carbonyl (C=O) groups excluding carboxylic acids is 2. The highest BCUT2D eigenvalue weighted by molar-refractivity contribution is 5.85. The molecule has 2 aliphatic rings. The molecule has 21 heavy (non-hydrogen) atoms. The Morgan fingerprint density at radius 3 is 2.10 bits per heavy atom. The molecule has 7 heteroatoms. The van der Waals surface area contributed by atoms with Gasteiger partial charge in [-0.25, -0.2) is 0 Å². The first-order chi connectivity index (χ1) is 9.63. The van der Waals surface area contributed by atoms with Crippen LogP contribution in [0.1, 0.15) is 25.7 Å². The molecular formula is C14H26ClN3O3. The number of nitrogens with two attached hydrogens (primary N) is 1. The van der Waals surface area contributed by atoms with Gasteiger partial charge >= 0.3 is 0 Å². The third-order valence-corrected chi connectivity index (χ3v) is 4.59. The van der Waals surface area contributed by atoms with Gasteiger partial charge in [0.2, 0.25) is 11.8 Å². The van der Waals surface area contributed by atoms with Crippen LogP contribution < -0.4 is 5.73 Å². The number of carbonyl (C=O) groups is 2. The molecule has 0 aromatic carbocycles. The Kier molecular flexibility index (Phi) is 6.90. The molecule has 0 unspecified atom stereocenters. The van der Waals surface area contributed by atoms with E-state index < -0.39 is 0 Å². The minimum absolute atomic E-state index is 0. The van der Waals surface area contributed by atoms with Gasteiger partial charge in [0.1, 0.15) is 6.61 Å². The van der Waals surface area contributed by atoms with E-state index in [2.05, 4.69) is 0 Å². The van der Waals surface area contributed by atoms with Gasteiger partial charge in [-0.05, 0) is 12.8 Å². The summed E-state index contributed by atoms with van der Waals surface area (Å²) in [4.78, 5) is 28.0. The predicted octanol–water partition coefficient (Wildman–Crippen LogP) is 0.245. The van der Waals surface area contributed by atoms with Gasteiger partial charge in [-0.3, -0.25) is 9.59 Å². The first-order valence-corrected chi connectivity index (χ1v) is 7.39. The molecule has 0 bridgehead atoms. The average molecular weight is 320 g/mol. The van der Waals surface area contributed by atoms with Crippen molar-refractivity contribution in [1.82, 2.24) is 9.80 Å². The largest absolute Gasteiger partial charge is 0.375 e. The van der Waals surface area contributed by atoms with E-state index in [9.17, 15) is 9.59 Å². The molecule has 1 heterocycles. The lowest BCUT2D eigenvalue weighted by atomic mass is 9.84. The zero-order chi connectivity index (χ0) is 14.6. The van der Waals surface area contributed by atoms with Gasteiger partial charge in [-0.15, -0.1) is 12.4 Å². The van der Waals surface area contributed by atoms with Crippen LogP contribution in [0.15, 0.2) is 0 Å². The Labute approximate surface area is 132 Å². The van der Waals surface area contributed by atoms with Crippen molar-refractivity contribution >= 4 is 24.2 Å². The standard InChI is InChI=1S/C14H25N3O3.ClH/c1-20-10-12(18)16-6-8-17(9-7-16)13(19)14(11-15)4-2-3-5-14;/h2-11,15H2,1H3;1H. The second-order valence-electron chi connectivity index (χ2n) is 5.80. The Morgan fingerprint density at radius 1 is 1.10 bits per heavy atom. The summed E-state index contributed by atoms with van der Waals surface area (Å²) < 4.78 is 4.86. The lowest BCUT2D eigenvalue weighted by Gasteiger charge is -2.39. The molecular weight excluding hydrogens is 294 g/mol. The van der Waals surface area contributed by atoms with E-state index >= 15 is 0 Å². The zero-order valence-corrected chi connectivity index (χ0v) is 13.5. The van der Waals surface area contributed by atoms with Crippen molar-refractivity contribution in [1.29, 1.82) is 0 Å². The van der Waals surface area contributed by atoms with E-state index in [1.165, 1.54) is 7.11 Å². The predicted molar refractivity (Wildman–Crippen MR) is 82.2 cm³/mol. The Morgan fingerprint density at radius 2 is 1.62 bits per heavy atom. The first-order valence-electron chi connectivity index (χ1n) is 7.39. The average Bonchev–Trinajstić information content (AvgIpc) is 2.97. The van der Waals surface area contributed by atoms with Crippen LogP contribution in [0.5, 0.6) is 0 Å². The number of nitrogens with zero attached hydrogens (tertiary/aromatic N) is 2. The van der Waals surface area contributed by atoms with Gasteiger partial charge in [-0.2, -0.15) is 0 Å². The number of rotatable bonds is 4. The maximum absolute atomic E-state index is 12.7. The quantitative estimate of drug-likeness (QED) is 0.805. The number of methoxy groups -OCH3 is 1. The highest BCUT2D eigenvalue weighted by Crippen LogP contribution is 2.38. The first kappa shape index (κ1) is 18.2. The van der Waals surface area contributed by atoms with E-state index in [-0.39, 0.29) is 36.2 Å². The van der Waals surface area contributed by atoms with Crippen molar-refractivity contribution in [3.05, 3.63) is 0 Å². The Hall–Kier alpha value is -0.850. The van der Waals surface area contributed by atoms with Crippen molar-refractivity contribution in [2.24, 2.45) is 11.1 Å². The van der Waals surface area contributed by atoms with Gasteiger partial charge in [0.25, 0.3) is 0 Å². The molecule has 1 saturated heterocycles. The molecule has 2 N–H and O–H groups in total. The molecule has 1 aliphatic heterocycles. The van der Waals surface area contributed by atoms with E-state index in [1.807, 2.05) is 4.90 Å². The smallest absolute Gasteiger partial charge is 0.248 e. The molecule has 0 spiro atoms. The number of hydrogen-bond donors (Lipinski definition) is 1. The highest BCUT2D eigenvalue weighted by Gasteiger charge is 2.43. The van der Waals surface area contributed by atoms with Crippen LogP contribution >= 0.6 is 12.4 Å². The molecule has 2 rings (SSSR count). The topological polar surface area (TPSA) is 75.9 Å². The Bertz CT molecular complexity index is 364. The minimum Gasteiger partial charge on any atom is -0.375 e. The summed E-state index contributed by atoms with van der Waals surface area (Å²) in [5, 5.41) is 0. The normalized spacial score (nSPS) is 21.0. The van der Waals surface area contributed by atoms with Crippen LogP contribution in [0.2, 0.25) is 0 Å². The van der Waals surface area contributed by atoms with Gasteiger partial charge in [0.05, 0.1) is 5.41 Å². The van der Waals surface area contributed by atoms with Crippen LogP contribution in [-0.4, -0.2) is 68.1 Å². The number of halogens is 1. The lowest BCUT2D eigenvalue weighted by Crippen LogP contribution is -2.55. The molecule has 1 saturated carbocycles. The zero-order valence-electron chi connectivity index (χ0n) is 12.7. The number of ether oxygens (including phenoxy) is 1. The van der Waals surface area contributed by atoms with Crippen molar-refractivity contribution in [3.63, 3.8) is 0 Å². The molecule has 0 aromatic heterocycles. The van der Waals surface area contributed by atoms with Crippen LogP contribution in [0.3, 0.4) is 0 Å². The maximum atomic E-state index is 12.7.